The zero-order valence-corrected chi connectivity index (χ0v) is 8.53. The number of nitrogens with two attached hydrogens (primary N) is 1. The topological polar surface area (TPSA) is 65.4 Å². The largest absolute Gasteiger partial charge is 0.386 e. The van der Waals surface area contributed by atoms with Crippen molar-refractivity contribution in [2.24, 2.45) is 10.8 Å². The van der Waals surface area contributed by atoms with Crippen molar-refractivity contribution < 1.29 is 4.39 Å². The Bertz CT molecular complexity index is 430. The van der Waals surface area contributed by atoms with Crippen molar-refractivity contribution in [3.8, 4) is 6.07 Å². The number of nitrogens with zero attached hydrogens (tertiary/aromatic N) is 3. The summed E-state index contributed by atoms with van der Waals surface area (Å²) in [7, 11) is 1.65. The summed E-state index contributed by atoms with van der Waals surface area (Å²) in [6.45, 7) is 1.64. The summed E-state index contributed by atoms with van der Waals surface area (Å²) in [5.74, 6) is -0.186. The van der Waals surface area contributed by atoms with Crippen LogP contribution in [0.3, 0.4) is 0 Å². The molecule has 0 aliphatic rings. The molecule has 0 aliphatic carbocycles. The minimum atomic E-state index is -0.563. The van der Waals surface area contributed by atoms with Crippen molar-refractivity contribution in [1.82, 2.24) is 0 Å². The van der Waals surface area contributed by atoms with E-state index in [2.05, 4.69) is 5.10 Å². The van der Waals surface area contributed by atoms with E-state index in [0.29, 0.717) is 11.5 Å². The van der Waals surface area contributed by atoms with Gasteiger partial charge in [0.25, 0.3) is 0 Å². The maximum Gasteiger partial charge on any atom is 0.143 e. The summed E-state index contributed by atoms with van der Waals surface area (Å²) < 4.78 is 13.2. The van der Waals surface area contributed by atoms with E-state index in [-0.39, 0.29) is 5.56 Å². The van der Waals surface area contributed by atoms with Crippen LogP contribution in [0.2, 0.25) is 0 Å². The first-order valence-corrected chi connectivity index (χ1v) is 4.28. The van der Waals surface area contributed by atoms with Gasteiger partial charge in [0.2, 0.25) is 0 Å². The molecule has 0 amide bonds. The Morgan fingerprint density at radius 1 is 1.60 bits per heavy atom. The molecule has 0 radical (unpaired) electrons. The van der Waals surface area contributed by atoms with Gasteiger partial charge in [0.1, 0.15) is 17.7 Å². The molecule has 0 atom stereocenters. The molecule has 1 rings (SSSR count). The number of rotatable bonds is 2. The molecule has 0 heterocycles. The molecule has 0 unspecified atom stereocenters. The summed E-state index contributed by atoms with van der Waals surface area (Å²) in [4.78, 5) is 0. The second-order valence-electron chi connectivity index (χ2n) is 3.04. The first-order valence-electron chi connectivity index (χ1n) is 4.28. The van der Waals surface area contributed by atoms with E-state index in [4.69, 9.17) is 11.0 Å². The number of halogens is 1. The molecule has 0 saturated carbocycles. The smallest absolute Gasteiger partial charge is 0.143 e. The average Bonchev–Trinajstić information content (AvgIpc) is 2.16. The van der Waals surface area contributed by atoms with Gasteiger partial charge in [0, 0.05) is 13.1 Å². The average molecular weight is 206 g/mol. The van der Waals surface area contributed by atoms with Crippen LogP contribution in [-0.2, 0) is 0 Å². The van der Waals surface area contributed by atoms with Crippen LogP contribution in [-0.4, -0.2) is 12.9 Å². The lowest BCUT2D eigenvalue weighted by molar-refractivity contribution is 0.623. The number of hydrazone groups is 1. The molecule has 1 aromatic rings. The third-order valence-corrected chi connectivity index (χ3v) is 1.75. The van der Waals surface area contributed by atoms with Gasteiger partial charge in [0.15, 0.2) is 0 Å². The summed E-state index contributed by atoms with van der Waals surface area (Å²) in [6, 6.07) is 6.00. The minimum absolute atomic E-state index is 0.0144. The molecule has 2 N–H and O–H groups in total. The van der Waals surface area contributed by atoms with Crippen LogP contribution < -0.4 is 10.7 Å². The molecule has 4 nitrogen and oxygen atoms in total. The number of nitriles is 1. The van der Waals surface area contributed by atoms with Crippen molar-refractivity contribution >= 4 is 11.5 Å². The third kappa shape index (κ3) is 2.68. The number of anilines is 1. The van der Waals surface area contributed by atoms with Crippen LogP contribution >= 0.6 is 0 Å². The van der Waals surface area contributed by atoms with Gasteiger partial charge in [0.05, 0.1) is 11.3 Å². The summed E-state index contributed by atoms with van der Waals surface area (Å²) in [5, 5.41) is 13.9. The zero-order valence-electron chi connectivity index (χ0n) is 8.53. The number of hydrogen-bond donors (Lipinski definition) is 1. The lowest BCUT2D eigenvalue weighted by Gasteiger charge is -2.13. The maximum absolute atomic E-state index is 13.2. The Morgan fingerprint density at radius 2 is 2.27 bits per heavy atom. The lowest BCUT2D eigenvalue weighted by Crippen LogP contribution is -2.16. The van der Waals surface area contributed by atoms with E-state index >= 15 is 0 Å². The molecule has 0 spiro atoms. The van der Waals surface area contributed by atoms with Gasteiger partial charge in [-0.3, -0.25) is 5.01 Å². The van der Waals surface area contributed by atoms with Gasteiger partial charge in [-0.05, 0) is 19.1 Å². The standard InChI is InChI=1S/C10H11FN4/c1-7(13)14-15(2)9-4-3-8(6-12)10(11)5-9/h3-5H,1-2H3,(H2,13,14). The van der Waals surface area contributed by atoms with E-state index in [1.807, 2.05) is 0 Å². The molecule has 0 bridgehead atoms. The van der Waals surface area contributed by atoms with Crippen molar-refractivity contribution in [3.05, 3.63) is 29.6 Å². The van der Waals surface area contributed by atoms with Gasteiger partial charge in [-0.15, -0.1) is 0 Å². The van der Waals surface area contributed by atoms with E-state index < -0.39 is 5.82 Å². The SMILES string of the molecule is C/C(N)=N/N(C)c1ccc(C#N)c(F)c1. The van der Waals surface area contributed by atoms with Crippen LogP contribution in [0.5, 0.6) is 0 Å². The van der Waals surface area contributed by atoms with Crippen molar-refractivity contribution in [2.45, 2.75) is 6.92 Å². The van der Waals surface area contributed by atoms with Crippen LogP contribution in [0.4, 0.5) is 10.1 Å². The molecular formula is C10H11FN4. The highest BCUT2D eigenvalue weighted by Crippen LogP contribution is 2.17. The third-order valence-electron chi connectivity index (χ3n) is 1.75. The Balaban J connectivity index is 3.04. The normalized spacial score (nSPS) is 10.9. The highest BCUT2D eigenvalue weighted by Gasteiger charge is 2.05. The molecule has 0 aromatic heterocycles. The molecule has 15 heavy (non-hydrogen) atoms. The molecule has 78 valence electrons. The Labute approximate surface area is 87.4 Å². The minimum Gasteiger partial charge on any atom is -0.386 e. The summed E-state index contributed by atoms with van der Waals surface area (Å²) in [6.07, 6.45) is 0. The van der Waals surface area contributed by atoms with Gasteiger partial charge in [-0.25, -0.2) is 4.39 Å². The predicted molar refractivity (Wildman–Crippen MR) is 56.8 cm³/mol. The Hall–Kier alpha value is -2.09. The highest BCUT2D eigenvalue weighted by molar-refractivity contribution is 5.78. The van der Waals surface area contributed by atoms with Gasteiger partial charge >= 0.3 is 0 Å². The van der Waals surface area contributed by atoms with Crippen molar-refractivity contribution in [1.29, 1.82) is 5.26 Å². The van der Waals surface area contributed by atoms with E-state index in [1.54, 1.807) is 26.1 Å². The second-order valence-corrected chi connectivity index (χ2v) is 3.04. The second kappa shape index (κ2) is 4.42. The van der Waals surface area contributed by atoms with Crippen molar-refractivity contribution in [3.63, 3.8) is 0 Å². The Morgan fingerprint density at radius 3 is 2.73 bits per heavy atom. The van der Waals surface area contributed by atoms with Crippen LogP contribution in [0.15, 0.2) is 23.3 Å². The zero-order chi connectivity index (χ0) is 11.4. The maximum atomic E-state index is 13.2. The number of hydrogen-bond acceptors (Lipinski definition) is 3. The molecule has 5 heteroatoms. The lowest BCUT2D eigenvalue weighted by atomic mass is 10.2. The van der Waals surface area contributed by atoms with E-state index in [0.717, 1.165) is 0 Å². The monoisotopic (exact) mass is 206 g/mol. The van der Waals surface area contributed by atoms with Gasteiger partial charge in [-0.1, -0.05) is 0 Å². The van der Waals surface area contributed by atoms with Crippen LogP contribution in [0.1, 0.15) is 12.5 Å². The first-order chi connectivity index (χ1) is 7.04. The van der Waals surface area contributed by atoms with Crippen LogP contribution in [0.25, 0.3) is 0 Å². The van der Waals surface area contributed by atoms with E-state index in [1.165, 1.54) is 17.1 Å². The molecular weight excluding hydrogens is 195 g/mol. The highest BCUT2D eigenvalue weighted by atomic mass is 19.1. The molecule has 0 fully saturated rings. The fourth-order valence-electron chi connectivity index (χ4n) is 1.09. The predicted octanol–water partition coefficient (Wildman–Crippen LogP) is 1.43. The fraction of sp³-hybridized carbons (Fsp3) is 0.200. The molecule has 1 aromatic carbocycles. The number of amidine groups is 1. The number of benzene rings is 1. The quantitative estimate of drug-likeness (QED) is 0.452. The van der Waals surface area contributed by atoms with Crippen LogP contribution in [0, 0.1) is 17.1 Å². The fourth-order valence-corrected chi connectivity index (χ4v) is 1.09. The Kier molecular flexibility index (Phi) is 3.24. The molecule has 0 saturated heterocycles. The summed E-state index contributed by atoms with van der Waals surface area (Å²) >= 11 is 0. The van der Waals surface area contributed by atoms with Gasteiger partial charge < -0.3 is 5.73 Å². The van der Waals surface area contributed by atoms with Crippen molar-refractivity contribution in [2.75, 3.05) is 12.1 Å². The van der Waals surface area contributed by atoms with E-state index in [9.17, 15) is 4.39 Å². The van der Waals surface area contributed by atoms with Gasteiger partial charge in [-0.2, -0.15) is 10.4 Å². The summed E-state index contributed by atoms with van der Waals surface area (Å²) in [5.41, 5.74) is 5.94. The molecule has 0 aliphatic heterocycles. The first kappa shape index (κ1) is 11.0.